The number of guanidine groups is 1. The molecule has 2 aromatic rings. The monoisotopic (exact) mass is 402 g/mol. The van der Waals surface area contributed by atoms with Crippen molar-refractivity contribution in [3.8, 4) is 0 Å². The van der Waals surface area contributed by atoms with E-state index in [2.05, 4.69) is 10.5 Å². The second-order valence-corrected chi connectivity index (χ2v) is 6.65. The standard InChI is InChI=1S/C8H8ClFN4O.C7H8O3S/c9-6-2-1-5(3-7(6)10)4-12-13-8(11)14-15;1-6-2-4-7(5-3-6)11(8,9)10/h1-4,15H,(H3,11,13,14);2-5H,1H3,(H,8,9,10)/b12-4+;. The van der Waals surface area contributed by atoms with Crippen molar-refractivity contribution in [3.05, 3.63) is 64.4 Å². The van der Waals surface area contributed by atoms with Crippen LogP contribution in [0.25, 0.3) is 0 Å². The zero-order chi connectivity index (χ0) is 19.7. The van der Waals surface area contributed by atoms with Gasteiger partial charge in [-0.05, 0) is 36.8 Å². The van der Waals surface area contributed by atoms with Crippen LogP contribution in [0.15, 0.2) is 52.5 Å². The molecule has 0 amide bonds. The first-order chi connectivity index (χ1) is 12.1. The Labute approximate surface area is 154 Å². The highest BCUT2D eigenvalue weighted by Crippen LogP contribution is 2.14. The predicted molar refractivity (Wildman–Crippen MR) is 95.8 cm³/mol. The molecule has 0 aromatic heterocycles. The summed E-state index contributed by atoms with van der Waals surface area (Å²) < 4.78 is 42.5. The van der Waals surface area contributed by atoms with Crippen LogP contribution in [-0.2, 0) is 10.1 Å². The molecular weight excluding hydrogens is 387 g/mol. The van der Waals surface area contributed by atoms with E-state index < -0.39 is 15.9 Å². The fourth-order valence-corrected chi connectivity index (χ4v) is 2.10. The zero-order valence-electron chi connectivity index (χ0n) is 13.4. The molecule has 0 aliphatic carbocycles. The number of nitrogens with one attached hydrogen (secondary N) is 3. The number of hydrogen-bond donors (Lipinski definition) is 5. The van der Waals surface area contributed by atoms with Crippen LogP contribution in [-0.4, -0.2) is 30.4 Å². The minimum Gasteiger partial charge on any atom is -0.288 e. The Balaban J connectivity index is 0.000000273. The van der Waals surface area contributed by atoms with Crippen LogP contribution in [0, 0.1) is 18.2 Å². The van der Waals surface area contributed by atoms with Crippen molar-refractivity contribution >= 4 is 33.9 Å². The Morgan fingerprint density at radius 3 is 2.38 bits per heavy atom. The third-order valence-electron chi connectivity index (χ3n) is 2.76. The highest BCUT2D eigenvalue weighted by atomic mass is 35.5. The number of benzene rings is 2. The minimum atomic E-state index is -4.02. The fourth-order valence-electron chi connectivity index (χ4n) is 1.50. The third kappa shape index (κ3) is 7.57. The topological polar surface area (TPSA) is 135 Å². The summed E-state index contributed by atoms with van der Waals surface area (Å²) in [6, 6.07) is 10.1. The predicted octanol–water partition coefficient (Wildman–Crippen LogP) is 2.56. The maximum Gasteiger partial charge on any atom is 0.294 e. The van der Waals surface area contributed by atoms with Crippen LogP contribution in [0.4, 0.5) is 4.39 Å². The van der Waals surface area contributed by atoms with Gasteiger partial charge in [-0.15, -0.1) is 0 Å². The highest BCUT2D eigenvalue weighted by Gasteiger charge is 2.06. The van der Waals surface area contributed by atoms with Crippen LogP contribution in [0.5, 0.6) is 0 Å². The van der Waals surface area contributed by atoms with Crippen molar-refractivity contribution in [3.63, 3.8) is 0 Å². The van der Waals surface area contributed by atoms with E-state index in [4.69, 9.17) is 26.8 Å². The first-order valence-electron chi connectivity index (χ1n) is 6.90. The van der Waals surface area contributed by atoms with E-state index in [1.165, 1.54) is 36.0 Å². The molecule has 0 unspecified atom stereocenters. The molecule has 2 rings (SSSR count). The van der Waals surface area contributed by atoms with Crippen LogP contribution >= 0.6 is 11.6 Å². The van der Waals surface area contributed by atoms with E-state index in [9.17, 15) is 12.8 Å². The summed E-state index contributed by atoms with van der Waals surface area (Å²) in [7, 11) is -4.02. The Kier molecular flexibility index (Phi) is 8.13. The number of hydrazone groups is 1. The van der Waals surface area contributed by atoms with Crippen molar-refractivity contribution in [1.82, 2.24) is 10.9 Å². The number of aryl methyl sites for hydroxylation is 1. The Morgan fingerprint density at radius 1 is 1.27 bits per heavy atom. The van der Waals surface area contributed by atoms with Gasteiger partial charge < -0.3 is 0 Å². The zero-order valence-corrected chi connectivity index (χ0v) is 15.0. The van der Waals surface area contributed by atoms with Crippen LogP contribution < -0.4 is 10.9 Å². The molecule has 11 heteroatoms. The fraction of sp³-hybridized carbons (Fsp3) is 0.0667. The summed E-state index contributed by atoms with van der Waals surface area (Å²) in [6.45, 7) is 1.84. The normalized spacial score (nSPS) is 10.8. The van der Waals surface area contributed by atoms with E-state index in [0.29, 0.717) is 5.56 Å². The van der Waals surface area contributed by atoms with Gasteiger partial charge in [-0.1, -0.05) is 35.4 Å². The third-order valence-corrected chi connectivity index (χ3v) is 3.94. The van der Waals surface area contributed by atoms with Gasteiger partial charge in [0.05, 0.1) is 16.1 Å². The van der Waals surface area contributed by atoms with Gasteiger partial charge in [0.15, 0.2) is 0 Å². The summed E-state index contributed by atoms with van der Waals surface area (Å²) in [5.74, 6) is -0.934. The number of hydrogen-bond acceptors (Lipinski definition) is 5. The molecule has 0 saturated carbocycles. The van der Waals surface area contributed by atoms with Crippen LogP contribution in [0.2, 0.25) is 5.02 Å². The summed E-state index contributed by atoms with van der Waals surface area (Å²) in [5.41, 5.74) is 5.12. The van der Waals surface area contributed by atoms with E-state index in [-0.39, 0.29) is 15.9 Å². The lowest BCUT2D eigenvalue weighted by atomic mass is 10.2. The van der Waals surface area contributed by atoms with E-state index in [1.54, 1.807) is 18.2 Å². The Morgan fingerprint density at radius 2 is 1.88 bits per heavy atom. The molecule has 0 radical (unpaired) electrons. The van der Waals surface area contributed by atoms with Crippen LogP contribution in [0.3, 0.4) is 0 Å². The molecule has 0 fully saturated rings. The molecule has 5 N–H and O–H groups in total. The first kappa shape index (κ1) is 21.5. The average molecular weight is 403 g/mol. The number of halogens is 2. The average Bonchev–Trinajstić information content (AvgIpc) is 2.58. The van der Waals surface area contributed by atoms with E-state index >= 15 is 0 Å². The summed E-state index contributed by atoms with van der Waals surface area (Å²) in [5, 5.41) is 18.7. The molecule has 8 nitrogen and oxygen atoms in total. The summed E-state index contributed by atoms with van der Waals surface area (Å²) >= 11 is 5.48. The van der Waals surface area contributed by atoms with Crippen molar-refractivity contribution < 1.29 is 22.6 Å². The Hall–Kier alpha value is -2.53. The SMILES string of the molecule is Cc1ccc(S(=O)(=O)O)cc1.N=C(NO)N/N=C/c1ccc(Cl)c(F)c1. The van der Waals surface area contributed by atoms with Gasteiger partial charge in [-0.3, -0.25) is 15.2 Å². The molecule has 0 saturated heterocycles. The lowest BCUT2D eigenvalue weighted by Crippen LogP contribution is -2.30. The molecule has 0 heterocycles. The molecule has 0 bridgehead atoms. The van der Waals surface area contributed by atoms with Crippen molar-refractivity contribution in [1.29, 1.82) is 5.41 Å². The van der Waals surface area contributed by atoms with Crippen molar-refractivity contribution in [2.45, 2.75) is 11.8 Å². The molecule has 0 aliphatic heterocycles. The molecular formula is C15H16ClFN4O4S. The number of hydroxylamine groups is 1. The molecule has 2 aromatic carbocycles. The molecule has 140 valence electrons. The lowest BCUT2D eigenvalue weighted by molar-refractivity contribution is 0.228. The van der Waals surface area contributed by atoms with E-state index in [0.717, 1.165) is 5.56 Å². The van der Waals surface area contributed by atoms with Crippen molar-refractivity contribution in [2.24, 2.45) is 5.10 Å². The van der Waals surface area contributed by atoms with Crippen molar-refractivity contribution in [2.75, 3.05) is 0 Å². The quantitative estimate of drug-likeness (QED) is 0.232. The van der Waals surface area contributed by atoms with Gasteiger partial charge in [-0.2, -0.15) is 13.5 Å². The second kappa shape index (κ2) is 9.82. The highest BCUT2D eigenvalue weighted by molar-refractivity contribution is 7.85. The summed E-state index contributed by atoms with van der Waals surface area (Å²) in [4.78, 5) is -0.0666. The maximum absolute atomic E-state index is 12.9. The Bertz CT molecular complexity index is 889. The molecule has 0 spiro atoms. The van der Waals surface area contributed by atoms with Gasteiger partial charge in [0.1, 0.15) is 5.82 Å². The molecule has 0 aliphatic rings. The molecule has 0 atom stereocenters. The summed E-state index contributed by atoms with van der Waals surface area (Å²) in [6.07, 6.45) is 1.28. The smallest absolute Gasteiger partial charge is 0.288 e. The number of nitrogens with zero attached hydrogens (tertiary/aromatic N) is 1. The second-order valence-electron chi connectivity index (χ2n) is 4.82. The largest absolute Gasteiger partial charge is 0.294 e. The van der Waals surface area contributed by atoms with Gasteiger partial charge in [0, 0.05) is 0 Å². The molecule has 26 heavy (non-hydrogen) atoms. The van der Waals surface area contributed by atoms with E-state index in [1.807, 2.05) is 6.92 Å². The first-order valence-corrected chi connectivity index (χ1v) is 8.72. The minimum absolute atomic E-state index is 0.0323. The van der Waals surface area contributed by atoms with Gasteiger partial charge in [-0.25, -0.2) is 15.3 Å². The van der Waals surface area contributed by atoms with Crippen LogP contribution in [0.1, 0.15) is 11.1 Å². The lowest BCUT2D eigenvalue weighted by Gasteiger charge is -1.99. The maximum atomic E-state index is 12.9. The van der Waals surface area contributed by atoms with Gasteiger partial charge in [0.25, 0.3) is 10.1 Å². The van der Waals surface area contributed by atoms with Gasteiger partial charge in [0.2, 0.25) is 5.96 Å². The van der Waals surface area contributed by atoms with Gasteiger partial charge >= 0.3 is 0 Å². The number of rotatable bonds is 3.